The Morgan fingerprint density at radius 2 is 1.68 bits per heavy atom. The summed E-state index contributed by atoms with van der Waals surface area (Å²) in [6.07, 6.45) is 12.3. The largest absolute Gasteiger partial charge is 0.461 e. The first-order valence-corrected chi connectivity index (χ1v) is 10.5. The number of fused-ring (bicyclic) bond motifs is 1. The van der Waals surface area contributed by atoms with Crippen molar-refractivity contribution in [2.45, 2.75) is 91.3 Å². The van der Waals surface area contributed by atoms with Gasteiger partial charge in [-0.1, -0.05) is 34.9 Å². The van der Waals surface area contributed by atoms with E-state index in [1.807, 2.05) is 0 Å². The molecular weight excluding hydrogens is 352 g/mol. The highest BCUT2D eigenvalue weighted by atomic mass is 16.6. The van der Waals surface area contributed by atoms with E-state index in [1.54, 1.807) is 7.11 Å². The fourth-order valence-electron chi connectivity index (χ4n) is 4.32. The summed E-state index contributed by atoms with van der Waals surface area (Å²) in [7, 11) is 1.63. The Hall–Kier alpha value is -1.68. The lowest BCUT2D eigenvalue weighted by Gasteiger charge is -2.41. The minimum Gasteiger partial charge on any atom is -0.461 e. The standard InChI is InChI=1S/C24H36O4/c1-17(2)8-6-9-18(3)10-7-11-19(4)12-13-24-16-23(26)28-22(24)15-20(25)14-21(24)27-5/h8,10,12,21-22H,6-7,9,11,13-16H2,1-5H3/b18-10+,19-12+/t21-,22+,24-/m1/s1. The number of rotatable bonds is 9. The molecule has 0 bridgehead atoms. The molecule has 0 aromatic rings. The van der Waals surface area contributed by atoms with Crippen LogP contribution in [0.15, 0.2) is 34.9 Å². The summed E-state index contributed by atoms with van der Waals surface area (Å²) in [4.78, 5) is 24.0. The zero-order chi connectivity index (χ0) is 20.7. The molecule has 1 saturated carbocycles. The molecule has 2 fully saturated rings. The number of ketones is 1. The van der Waals surface area contributed by atoms with Gasteiger partial charge in [-0.25, -0.2) is 0 Å². The van der Waals surface area contributed by atoms with Gasteiger partial charge >= 0.3 is 5.97 Å². The highest BCUT2D eigenvalue weighted by molar-refractivity contribution is 5.83. The van der Waals surface area contributed by atoms with Crippen LogP contribution in [0.2, 0.25) is 0 Å². The molecule has 4 nitrogen and oxygen atoms in total. The number of carbonyl (C=O) groups excluding carboxylic acids is 2. The molecule has 0 radical (unpaired) electrons. The highest BCUT2D eigenvalue weighted by Gasteiger charge is 2.57. The molecule has 4 heteroatoms. The maximum Gasteiger partial charge on any atom is 0.306 e. The highest BCUT2D eigenvalue weighted by Crippen LogP contribution is 2.49. The summed E-state index contributed by atoms with van der Waals surface area (Å²) in [6.45, 7) is 8.61. The lowest BCUT2D eigenvalue weighted by molar-refractivity contribution is -0.148. The van der Waals surface area contributed by atoms with Crippen molar-refractivity contribution in [3.05, 3.63) is 34.9 Å². The lowest BCUT2D eigenvalue weighted by Crippen LogP contribution is -2.49. The minimum atomic E-state index is -0.392. The second-order valence-corrected chi connectivity index (χ2v) is 8.72. The third-order valence-electron chi connectivity index (χ3n) is 6.09. The molecule has 28 heavy (non-hydrogen) atoms. The van der Waals surface area contributed by atoms with Crippen molar-refractivity contribution in [3.8, 4) is 0 Å². The number of methoxy groups -OCH3 is 1. The molecule has 1 heterocycles. The van der Waals surface area contributed by atoms with Crippen molar-refractivity contribution in [2.24, 2.45) is 5.41 Å². The quantitative estimate of drug-likeness (QED) is 0.388. The Morgan fingerprint density at radius 3 is 2.32 bits per heavy atom. The predicted octanol–water partition coefficient (Wildman–Crippen LogP) is 5.48. The molecule has 2 rings (SSSR count). The number of hydrogen-bond acceptors (Lipinski definition) is 4. The second kappa shape index (κ2) is 10.2. The van der Waals surface area contributed by atoms with Crippen LogP contribution in [-0.4, -0.2) is 31.1 Å². The summed E-state index contributed by atoms with van der Waals surface area (Å²) in [6, 6.07) is 0. The van der Waals surface area contributed by atoms with Crippen LogP contribution in [0.1, 0.15) is 79.1 Å². The van der Waals surface area contributed by atoms with Crippen molar-refractivity contribution >= 4 is 11.8 Å². The zero-order valence-corrected chi connectivity index (χ0v) is 18.2. The number of allylic oxidation sites excluding steroid dienone is 6. The van der Waals surface area contributed by atoms with E-state index in [1.165, 1.54) is 16.7 Å². The van der Waals surface area contributed by atoms with Crippen LogP contribution in [-0.2, 0) is 19.1 Å². The van der Waals surface area contributed by atoms with Crippen LogP contribution in [0.5, 0.6) is 0 Å². The van der Waals surface area contributed by atoms with E-state index in [0.717, 1.165) is 32.1 Å². The maximum atomic E-state index is 12.0. The van der Waals surface area contributed by atoms with E-state index in [0.29, 0.717) is 19.3 Å². The van der Waals surface area contributed by atoms with Gasteiger partial charge in [-0.05, 0) is 59.8 Å². The first-order chi connectivity index (χ1) is 13.3. The maximum absolute atomic E-state index is 12.0. The zero-order valence-electron chi connectivity index (χ0n) is 18.2. The van der Waals surface area contributed by atoms with Gasteiger partial charge in [-0.2, -0.15) is 0 Å². The van der Waals surface area contributed by atoms with Gasteiger partial charge in [0.1, 0.15) is 11.9 Å². The summed E-state index contributed by atoms with van der Waals surface area (Å²) >= 11 is 0. The Kier molecular flexibility index (Phi) is 8.23. The van der Waals surface area contributed by atoms with Crippen molar-refractivity contribution in [1.29, 1.82) is 0 Å². The molecule has 0 unspecified atom stereocenters. The summed E-state index contributed by atoms with van der Waals surface area (Å²) in [5.41, 5.74) is 3.73. The fourth-order valence-corrected chi connectivity index (χ4v) is 4.32. The van der Waals surface area contributed by atoms with Crippen LogP contribution in [0.3, 0.4) is 0 Å². The first kappa shape index (κ1) is 22.6. The first-order valence-electron chi connectivity index (χ1n) is 10.5. The van der Waals surface area contributed by atoms with Gasteiger partial charge in [-0.3, -0.25) is 9.59 Å². The van der Waals surface area contributed by atoms with Gasteiger partial charge in [0.15, 0.2) is 0 Å². The van der Waals surface area contributed by atoms with Crippen molar-refractivity contribution in [3.63, 3.8) is 0 Å². The van der Waals surface area contributed by atoms with Crippen LogP contribution in [0, 0.1) is 5.41 Å². The molecule has 0 amide bonds. The molecular formula is C24H36O4. The Balaban J connectivity index is 1.94. The number of ether oxygens (including phenoxy) is 2. The smallest absolute Gasteiger partial charge is 0.306 e. The second-order valence-electron chi connectivity index (χ2n) is 8.72. The molecule has 0 aromatic carbocycles. The molecule has 0 N–H and O–H groups in total. The molecule has 0 spiro atoms. The molecule has 156 valence electrons. The van der Waals surface area contributed by atoms with Crippen LogP contribution in [0.4, 0.5) is 0 Å². The van der Waals surface area contributed by atoms with Crippen molar-refractivity contribution in [2.75, 3.05) is 7.11 Å². The van der Waals surface area contributed by atoms with Crippen LogP contribution < -0.4 is 0 Å². The van der Waals surface area contributed by atoms with Crippen LogP contribution >= 0.6 is 0 Å². The van der Waals surface area contributed by atoms with Gasteiger partial charge in [0.2, 0.25) is 0 Å². The van der Waals surface area contributed by atoms with Crippen molar-refractivity contribution < 1.29 is 19.1 Å². The van der Waals surface area contributed by atoms with Gasteiger partial charge in [0.25, 0.3) is 0 Å². The number of esters is 1. The summed E-state index contributed by atoms with van der Waals surface area (Å²) < 4.78 is 11.1. The van der Waals surface area contributed by atoms with E-state index in [2.05, 4.69) is 45.9 Å². The fraction of sp³-hybridized carbons (Fsp3) is 0.667. The van der Waals surface area contributed by atoms with E-state index >= 15 is 0 Å². The molecule has 2 aliphatic rings. The number of hydrogen-bond donors (Lipinski definition) is 0. The van der Waals surface area contributed by atoms with E-state index in [9.17, 15) is 9.59 Å². The Morgan fingerprint density at radius 1 is 1.04 bits per heavy atom. The van der Waals surface area contributed by atoms with Gasteiger partial charge < -0.3 is 9.47 Å². The number of Topliss-reactive ketones (excluding diaryl/α,β-unsaturated/α-hetero) is 1. The average Bonchev–Trinajstić information content (AvgIpc) is 2.94. The van der Waals surface area contributed by atoms with Gasteiger partial charge in [-0.15, -0.1) is 0 Å². The average molecular weight is 389 g/mol. The topological polar surface area (TPSA) is 52.6 Å². The Labute approximate surface area is 170 Å². The number of carbonyl (C=O) groups is 2. The molecule has 0 aromatic heterocycles. The minimum absolute atomic E-state index is 0.122. The summed E-state index contributed by atoms with van der Waals surface area (Å²) in [5.74, 6) is -0.0840. The SMILES string of the molecule is CO[C@@H]1CC(=O)C[C@@H]2OC(=O)C[C@@]21C/C=C(\C)CC/C=C(\C)CCC=C(C)C. The molecule has 3 atom stereocenters. The molecule has 1 aliphatic heterocycles. The third-order valence-corrected chi connectivity index (χ3v) is 6.09. The van der Waals surface area contributed by atoms with Gasteiger partial charge in [0.05, 0.1) is 12.5 Å². The van der Waals surface area contributed by atoms with Gasteiger partial charge in [0, 0.05) is 25.4 Å². The van der Waals surface area contributed by atoms with Crippen LogP contribution in [0.25, 0.3) is 0 Å². The van der Waals surface area contributed by atoms with E-state index in [4.69, 9.17) is 9.47 Å². The summed E-state index contributed by atoms with van der Waals surface area (Å²) in [5, 5.41) is 0. The monoisotopic (exact) mass is 388 g/mol. The van der Waals surface area contributed by atoms with Crippen molar-refractivity contribution in [1.82, 2.24) is 0 Å². The predicted molar refractivity (Wildman–Crippen MR) is 112 cm³/mol. The normalized spacial score (nSPS) is 28.2. The van der Waals surface area contributed by atoms with E-state index in [-0.39, 0.29) is 24.0 Å². The third kappa shape index (κ3) is 5.91. The Bertz CT molecular complexity index is 666. The lowest BCUT2D eigenvalue weighted by atomic mass is 9.66. The molecule has 1 aliphatic carbocycles. The molecule has 1 saturated heterocycles. The van der Waals surface area contributed by atoms with E-state index < -0.39 is 5.41 Å².